The van der Waals surface area contributed by atoms with Crippen molar-refractivity contribution in [1.82, 2.24) is 9.99 Å². The van der Waals surface area contributed by atoms with Gasteiger partial charge < -0.3 is 9.84 Å². The van der Waals surface area contributed by atoms with E-state index in [9.17, 15) is 27.9 Å². The number of benzene rings is 3. The molecule has 4 aromatic rings. The number of pyridine rings is 1. The second kappa shape index (κ2) is 13.9. The van der Waals surface area contributed by atoms with Gasteiger partial charge in [-0.15, -0.1) is 0 Å². The van der Waals surface area contributed by atoms with E-state index >= 15 is 9.59 Å². The predicted octanol–water partition coefficient (Wildman–Crippen LogP) is 7.95. The van der Waals surface area contributed by atoms with E-state index in [-0.39, 0.29) is 46.5 Å². The van der Waals surface area contributed by atoms with Crippen LogP contribution in [0.3, 0.4) is 0 Å². The third-order valence-corrected chi connectivity index (χ3v) is 12.8. The average Bonchev–Trinajstić information content (AvgIpc) is 3.45. The maximum absolute atomic E-state index is 15.2. The highest BCUT2D eigenvalue weighted by atomic mass is 127. The molecule has 6 atom stereocenters. The zero-order valence-electron chi connectivity index (χ0n) is 29.8. The van der Waals surface area contributed by atoms with Crippen LogP contribution in [0.1, 0.15) is 41.1 Å². The van der Waals surface area contributed by atoms with Gasteiger partial charge in [-0.25, -0.2) is 4.98 Å². The minimum atomic E-state index is -4.82. The number of ketones is 2. The number of halogens is 5. The maximum atomic E-state index is 15.2. The molecule has 3 aromatic carbocycles. The monoisotopic (exact) mass is 893 g/mol. The quantitative estimate of drug-likeness (QED) is 0.118. The Balaban J connectivity index is 1.33. The number of Topliss-reactive ketones (excluding diaryl/α,β-unsaturated/α-hetero) is 1. The highest BCUT2D eigenvalue weighted by Crippen LogP contribution is 2.64. The van der Waals surface area contributed by atoms with Crippen molar-refractivity contribution in [2.45, 2.75) is 30.4 Å². The molecule has 0 radical (unpaired) electrons. The molecule has 2 amide bonds. The standard InChI is InChI=1S/C42H32ClF3IN3O6/c1-49(38-29(43)15-16-32(48-38)42(44,45)46)50-39(54)25-14-13-24-27(34(25)40(50)55)19-28-36(52)26(21-9-5-3-6-10-21)20-33(51)41(28,23-11-7-4-8-12-23)35(24)22-17-30(47)37(53)31(18-22)56-2/h3-13,15-18,20,25,27-28,34-35,53H,14,19H2,1-2H3. The normalized spacial score (nSPS) is 25.9. The summed E-state index contributed by atoms with van der Waals surface area (Å²) in [5.74, 6) is -7.01. The second-order valence-electron chi connectivity index (χ2n) is 14.4. The molecule has 56 heavy (non-hydrogen) atoms. The van der Waals surface area contributed by atoms with Crippen LogP contribution in [0.25, 0.3) is 5.57 Å². The van der Waals surface area contributed by atoms with Crippen molar-refractivity contribution in [3.05, 3.63) is 134 Å². The first kappa shape index (κ1) is 37.9. The molecule has 1 saturated carbocycles. The molecule has 0 bridgehead atoms. The fraction of sp³-hybridized carbons (Fsp3) is 0.262. The van der Waals surface area contributed by atoms with Crippen LogP contribution in [0.15, 0.2) is 103 Å². The number of rotatable bonds is 6. The maximum Gasteiger partial charge on any atom is 0.433 e. The number of hydrogen-bond acceptors (Lipinski definition) is 8. The summed E-state index contributed by atoms with van der Waals surface area (Å²) in [6, 6.07) is 23.0. The summed E-state index contributed by atoms with van der Waals surface area (Å²) in [6.45, 7) is 0. The van der Waals surface area contributed by atoms with Gasteiger partial charge in [0.15, 0.2) is 28.9 Å². The Bertz CT molecular complexity index is 2390. The molecule has 3 aliphatic carbocycles. The van der Waals surface area contributed by atoms with Gasteiger partial charge in [0.1, 0.15) is 5.69 Å². The van der Waals surface area contributed by atoms with Gasteiger partial charge in [0.05, 0.1) is 33.0 Å². The van der Waals surface area contributed by atoms with E-state index in [0.717, 1.165) is 16.1 Å². The van der Waals surface area contributed by atoms with Crippen molar-refractivity contribution >= 4 is 69.0 Å². The third-order valence-electron chi connectivity index (χ3n) is 11.7. The van der Waals surface area contributed by atoms with Gasteiger partial charge in [0, 0.05) is 24.5 Å². The molecule has 9 nitrogen and oxygen atoms in total. The number of allylic oxidation sites excluding steroid dienone is 4. The molecule has 1 N–H and O–H groups in total. The number of hydrazine groups is 1. The number of nitrogens with zero attached hydrogens (tertiary/aromatic N) is 3. The largest absolute Gasteiger partial charge is 0.504 e. The summed E-state index contributed by atoms with van der Waals surface area (Å²) in [7, 11) is 2.66. The number of imide groups is 1. The summed E-state index contributed by atoms with van der Waals surface area (Å²) in [4.78, 5) is 63.0. The lowest BCUT2D eigenvalue weighted by atomic mass is 9.44. The second-order valence-corrected chi connectivity index (χ2v) is 15.9. The van der Waals surface area contributed by atoms with Crippen LogP contribution < -0.4 is 9.75 Å². The lowest BCUT2D eigenvalue weighted by Crippen LogP contribution is -2.59. The number of ether oxygens (including phenoxy) is 1. The summed E-state index contributed by atoms with van der Waals surface area (Å²) in [6.07, 6.45) is -1.46. The Morgan fingerprint density at radius 3 is 2.30 bits per heavy atom. The number of hydrogen-bond donors (Lipinski definition) is 1. The first-order valence-electron chi connectivity index (χ1n) is 17.7. The number of phenols is 1. The first-order valence-corrected chi connectivity index (χ1v) is 19.2. The van der Waals surface area contributed by atoms with E-state index in [4.69, 9.17) is 16.3 Å². The lowest BCUT2D eigenvalue weighted by molar-refractivity contribution is -0.141. The zero-order valence-corrected chi connectivity index (χ0v) is 32.7. The molecule has 6 unspecified atom stereocenters. The van der Waals surface area contributed by atoms with Gasteiger partial charge in [-0.1, -0.05) is 83.9 Å². The Morgan fingerprint density at radius 1 is 0.964 bits per heavy atom. The lowest BCUT2D eigenvalue weighted by Gasteiger charge is -2.55. The number of phenolic OH excluding ortho intramolecular Hbond substituents is 1. The highest BCUT2D eigenvalue weighted by molar-refractivity contribution is 14.1. The van der Waals surface area contributed by atoms with Gasteiger partial charge in [-0.2, -0.15) is 18.2 Å². The van der Waals surface area contributed by atoms with E-state index in [1.807, 2.05) is 46.9 Å². The van der Waals surface area contributed by atoms with Gasteiger partial charge in [0.2, 0.25) is 0 Å². The van der Waals surface area contributed by atoms with Crippen molar-refractivity contribution in [2.75, 3.05) is 19.2 Å². The van der Waals surface area contributed by atoms with Crippen LogP contribution in [0.5, 0.6) is 11.5 Å². The smallest absolute Gasteiger partial charge is 0.433 e. The van der Waals surface area contributed by atoms with Crippen LogP contribution in [-0.4, -0.2) is 52.6 Å². The summed E-state index contributed by atoms with van der Waals surface area (Å²) >= 11 is 8.30. The molecule has 286 valence electrons. The van der Waals surface area contributed by atoms with Gasteiger partial charge in [-0.05, 0) is 88.4 Å². The molecule has 1 aliphatic heterocycles. The number of anilines is 1. The molecule has 14 heteroatoms. The minimum absolute atomic E-state index is 0.0125. The van der Waals surface area contributed by atoms with Crippen molar-refractivity contribution in [2.24, 2.45) is 23.7 Å². The molecule has 0 spiro atoms. The number of aromatic hydroxyl groups is 1. The number of carbonyl (C=O) groups excluding carboxylic acids is 4. The summed E-state index contributed by atoms with van der Waals surface area (Å²) in [5.41, 5.74) is -0.195. The molecule has 4 aliphatic rings. The number of fused-ring (bicyclic) bond motifs is 4. The SMILES string of the molecule is COc1cc(C2C3=CCC4C(=O)N(N(C)c5nc(C(F)(F)F)ccc5Cl)C(=O)C4C3CC3C(=O)C(c4ccccc4)=CC(=O)C32c2ccccc2)cc(I)c1O. The van der Waals surface area contributed by atoms with Crippen molar-refractivity contribution in [1.29, 1.82) is 0 Å². The number of carbonyl (C=O) groups is 4. The molecule has 8 rings (SSSR count). The third kappa shape index (κ3) is 5.67. The van der Waals surface area contributed by atoms with E-state index in [0.29, 0.717) is 31.9 Å². The predicted molar refractivity (Wildman–Crippen MR) is 208 cm³/mol. The summed E-state index contributed by atoms with van der Waals surface area (Å²) < 4.78 is 47.2. The Kier molecular flexibility index (Phi) is 9.38. The topological polar surface area (TPSA) is 117 Å². The van der Waals surface area contributed by atoms with E-state index in [1.54, 1.807) is 54.6 Å². The molecule has 1 saturated heterocycles. The molecule has 1 aromatic heterocycles. The first-order chi connectivity index (χ1) is 26.7. The van der Waals surface area contributed by atoms with Crippen LogP contribution >= 0.6 is 34.2 Å². The van der Waals surface area contributed by atoms with Gasteiger partial charge >= 0.3 is 6.18 Å². The van der Waals surface area contributed by atoms with Gasteiger partial charge in [-0.3, -0.25) is 24.2 Å². The Labute approximate surface area is 337 Å². The number of methoxy groups -OCH3 is 1. The Morgan fingerprint density at radius 2 is 1.64 bits per heavy atom. The zero-order chi connectivity index (χ0) is 39.8. The van der Waals surface area contributed by atoms with E-state index in [2.05, 4.69) is 4.98 Å². The van der Waals surface area contributed by atoms with Crippen LogP contribution in [0, 0.1) is 27.2 Å². The molecule has 2 heterocycles. The number of alkyl halides is 3. The van der Waals surface area contributed by atoms with Crippen LogP contribution in [0.2, 0.25) is 5.02 Å². The fourth-order valence-electron chi connectivity index (χ4n) is 9.36. The fourth-order valence-corrected chi connectivity index (χ4v) is 10.2. The number of aromatic nitrogens is 1. The molecular weight excluding hydrogens is 862 g/mol. The summed E-state index contributed by atoms with van der Waals surface area (Å²) in [5, 5.41) is 12.5. The van der Waals surface area contributed by atoms with Crippen molar-refractivity contribution in [3.63, 3.8) is 0 Å². The van der Waals surface area contributed by atoms with Gasteiger partial charge in [0.25, 0.3) is 11.8 Å². The van der Waals surface area contributed by atoms with E-state index in [1.165, 1.54) is 20.2 Å². The number of amides is 2. The molecular formula is C42H32ClF3IN3O6. The Hall–Kier alpha value is -5.02. The molecule has 2 fully saturated rings. The van der Waals surface area contributed by atoms with Crippen LogP contribution in [0.4, 0.5) is 19.0 Å². The van der Waals surface area contributed by atoms with Crippen molar-refractivity contribution < 1.29 is 42.2 Å². The van der Waals surface area contributed by atoms with Crippen LogP contribution in [-0.2, 0) is 30.8 Å². The highest BCUT2D eigenvalue weighted by Gasteiger charge is 2.66. The average molecular weight is 894 g/mol. The van der Waals surface area contributed by atoms with Crippen molar-refractivity contribution in [3.8, 4) is 11.5 Å². The minimum Gasteiger partial charge on any atom is -0.504 e. The van der Waals surface area contributed by atoms with E-state index < -0.39 is 64.5 Å².